The number of piperazine rings is 1. The number of ether oxygens (including phenoxy) is 1. The molecule has 1 fully saturated rings. The lowest BCUT2D eigenvalue weighted by Crippen LogP contribution is -2.44. The Balaban J connectivity index is 1.90. The molecule has 11 heteroatoms. The Kier molecular flexibility index (Phi) is 5.24. The summed E-state index contributed by atoms with van der Waals surface area (Å²) in [6.07, 6.45) is -1.01. The zero-order valence-corrected chi connectivity index (χ0v) is 17.4. The molecule has 166 valence electrons. The molecule has 4 heterocycles. The Morgan fingerprint density at radius 1 is 1.13 bits per heavy atom. The summed E-state index contributed by atoms with van der Waals surface area (Å²) in [5.41, 5.74) is -1.80. The van der Waals surface area contributed by atoms with Crippen LogP contribution in [0.15, 0.2) is 18.5 Å². The fourth-order valence-electron chi connectivity index (χ4n) is 3.67. The van der Waals surface area contributed by atoms with E-state index in [0.717, 1.165) is 6.92 Å². The number of halogens is 3. The molecule has 0 radical (unpaired) electrons. The molecule has 0 saturated carbocycles. The number of nitrogens with zero attached hydrogens (tertiary/aromatic N) is 4. The fraction of sp³-hybridized carbons (Fsp3) is 0.500. The van der Waals surface area contributed by atoms with Gasteiger partial charge in [-0.15, -0.1) is 0 Å². The predicted octanol–water partition coefficient (Wildman–Crippen LogP) is 3.41. The van der Waals surface area contributed by atoms with Gasteiger partial charge in [0, 0.05) is 38.7 Å². The summed E-state index contributed by atoms with van der Waals surface area (Å²) in [5, 5.41) is 5.63. The normalized spacial score (nSPS) is 19.5. The second-order valence-corrected chi connectivity index (χ2v) is 8.18. The molecule has 0 aliphatic carbocycles. The molecule has 0 spiro atoms. The number of amides is 1. The van der Waals surface area contributed by atoms with E-state index in [-0.39, 0.29) is 28.3 Å². The summed E-state index contributed by atoms with van der Waals surface area (Å²) in [7, 11) is 0. The van der Waals surface area contributed by atoms with Crippen LogP contribution in [0.3, 0.4) is 0 Å². The van der Waals surface area contributed by atoms with Gasteiger partial charge >= 0.3 is 6.09 Å². The van der Waals surface area contributed by atoms with Gasteiger partial charge in [0.05, 0.1) is 11.3 Å². The Bertz CT molecular complexity index is 999. The third-order valence-electron chi connectivity index (χ3n) is 5.22. The highest BCUT2D eigenvalue weighted by atomic mass is 19.3. The summed E-state index contributed by atoms with van der Waals surface area (Å²) in [6, 6.07) is 2.59. The van der Waals surface area contributed by atoms with E-state index in [2.05, 4.69) is 25.6 Å². The topological polar surface area (TPSA) is 92.3 Å². The monoisotopic (exact) mass is 436 g/mol. The molecule has 1 atom stereocenters. The van der Waals surface area contributed by atoms with Crippen molar-refractivity contribution in [1.82, 2.24) is 20.3 Å². The smallest absolute Gasteiger partial charge is 0.413 e. The molecule has 2 aliphatic heterocycles. The molecular weight excluding hydrogens is 413 g/mol. The first-order valence-electron chi connectivity index (χ1n) is 9.92. The molecule has 2 N–H and O–H groups in total. The maximum absolute atomic E-state index is 14.9. The third kappa shape index (κ3) is 4.27. The van der Waals surface area contributed by atoms with Gasteiger partial charge in [-0.25, -0.2) is 32.9 Å². The van der Waals surface area contributed by atoms with Crippen LogP contribution in [0, 0.1) is 0 Å². The number of hydrogen-bond acceptors (Lipinski definition) is 7. The highest BCUT2D eigenvalue weighted by Gasteiger charge is 2.42. The summed E-state index contributed by atoms with van der Waals surface area (Å²) >= 11 is 0. The van der Waals surface area contributed by atoms with Crippen LogP contribution in [0.25, 0.3) is 11.4 Å². The van der Waals surface area contributed by atoms with Gasteiger partial charge in [0.2, 0.25) is 0 Å². The summed E-state index contributed by atoms with van der Waals surface area (Å²) in [6.45, 7) is 5.92. The lowest BCUT2D eigenvalue weighted by Gasteiger charge is -2.33. The van der Waals surface area contributed by atoms with Crippen molar-refractivity contribution in [2.24, 2.45) is 0 Å². The molecule has 2 aliphatic rings. The summed E-state index contributed by atoms with van der Waals surface area (Å²) in [4.78, 5) is 26.6. The van der Waals surface area contributed by atoms with E-state index in [9.17, 15) is 18.0 Å². The van der Waals surface area contributed by atoms with Crippen molar-refractivity contribution in [1.29, 1.82) is 0 Å². The van der Waals surface area contributed by atoms with Gasteiger partial charge < -0.3 is 15.0 Å². The molecule has 2 aromatic heterocycles. The van der Waals surface area contributed by atoms with Crippen molar-refractivity contribution in [3.63, 3.8) is 0 Å². The lowest BCUT2D eigenvalue weighted by atomic mass is 9.92. The quantitative estimate of drug-likeness (QED) is 0.759. The minimum absolute atomic E-state index is 0.0659. The number of carbonyl (C=O) groups excluding carboxylic acids is 1. The minimum atomic E-state index is -3.13. The molecule has 1 amide bonds. The van der Waals surface area contributed by atoms with Crippen LogP contribution >= 0.6 is 0 Å². The molecule has 0 unspecified atom stereocenters. The molecule has 31 heavy (non-hydrogen) atoms. The SMILES string of the molecule is CC(F)(F)c1cc(-c2ncnc3c2[C@H](C(C)(C)F)OC(=O)N3)nc(N2CCNCC2)c1. The molecule has 4 rings (SSSR count). The minimum Gasteiger partial charge on any atom is -0.437 e. The van der Waals surface area contributed by atoms with Crippen LogP contribution in [-0.4, -0.2) is 52.9 Å². The van der Waals surface area contributed by atoms with Crippen LogP contribution in [0.5, 0.6) is 0 Å². The van der Waals surface area contributed by atoms with E-state index >= 15 is 0 Å². The van der Waals surface area contributed by atoms with E-state index in [1.807, 2.05) is 4.90 Å². The highest BCUT2D eigenvalue weighted by molar-refractivity contribution is 5.88. The van der Waals surface area contributed by atoms with E-state index in [4.69, 9.17) is 4.74 Å². The van der Waals surface area contributed by atoms with E-state index in [1.54, 1.807) is 0 Å². The van der Waals surface area contributed by atoms with Gasteiger partial charge in [0.15, 0.2) is 6.10 Å². The van der Waals surface area contributed by atoms with Crippen molar-refractivity contribution in [2.75, 3.05) is 36.4 Å². The third-order valence-corrected chi connectivity index (χ3v) is 5.22. The highest BCUT2D eigenvalue weighted by Crippen LogP contribution is 2.43. The van der Waals surface area contributed by atoms with E-state index in [0.29, 0.717) is 32.0 Å². The molecular formula is C20H23F3N6O2. The maximum atomic E-state index is 14.9. The lowest BCUT2D eigenvalue weighted by molar-refractivity contribution is 0.000430. The largest absolute Gasteiger partial charge is 0.437 e. The maximum Gasteiger partial charge on any atom is 0.413 e. The Hall–Kier alpha value is -2.95. The van der Waals surface area contributed by atoms with E-state index < -0.39 is 23.8 Å². The molecule has 2 aromatic rings. The van der Waals surface area contributed by atoms with Crippen LogP contribution in [0.4, 0.5) is 29.6 Å². The number of aromatic nitrogens is 3. The summed E-state index contributed by atoms with van der Waals surface area (Å²) in [5.74, 6) is -2.69. The molecule has 1 saturated heterocycles. The number of pyridine rings is 1. The Labute approximate surface area is 177 Å². The van der Waals surface area contributed by atoms with Gasteiger partial charge in [0.1, 0.15) is 29.3 Å². The second-order valence-electron chi connectivity index (χ2n) is 8.18. The van der Waals surface area contributed by atoms with Crippen LogP contribution in [-0.2, 0) is 10.7 Å². The molecule has 8 nitrogen and oxygen atoms in total. The first-order chi connectivity index (χ1) is 14.5. The Morgan fingerprint density at radius 2 is 1.84 bits per heavy atom. The number of cyclic esters (lactones) is 1. The van der Waals surface area contributed by atoms with Crippen LogP contribution < -0.4 is 15.5 Å². The molecule has 0 aromatic carbocycles. The average molecular weight is 436 g/mol. The van der Waals surface area contributed by atoms with Crippen molar-refractivity contribution >= 4 is 17.7 Å². The standard InChI is InChI=1S/C20H23F3N6O2/c1-19(2,21)16-14-15(25-10-26-17(14)28-18(30)31-16)12-8-11(20(3,22)23)9-13(27-12)29-6-4-24-5-7-29/h8-10,16,24H,4-7H2,1-3H3,(H,25,26,28,30)/t16-/m1/s1. The number of fused-ring (bicyclic) bond motifs is 1. The zero-order chi connectivity index (χ0) is 22.4. The van der Waals surface area contributed by atoms with Gasteiger partial charge in [-0.05, 0) is 26.0 Å². The zero-order valence-electron chi connectivity index (χ0n) is 17.4. The van der Waals surface area contributed by atoms with Crippen LogP contribution in [0.1, 0.15) is 38.0 Å². The summed E-state index contributed by atoms with van der Waals surface area (Å²) < 4.78 is 48.8. The number of hydrogen-bond donors (Lipinski definition) is 2. The van der Waals surface area contributed by atoms with Crippen molar-refractivity contribution in [3.05, 3.63) is 29.6 Å². The number of rotatable bonds is 4. The number of anilines is 2. The molecule has 0 bridgehead atoms. The number of carbonyl (C=O) groups is 1. The number of alkyl halides is 3. The van der Waals surface area contributed by atoms with Gasteiger partial charge in [-0.3, -0.25) is 5.32 Å². The second kappa shape index (κ2) is 7.63. The van der Waals surface area contributed by atoms with Gasteiger partial charge in [-0.2, -0.15) is 0 Å². The van der Waals surface area contributed by atoms with Crippen molar-refractivity contribution in [2.45, 2.75) is 38.5 Å². The predicted molar refractivity (Wildman–Crippen MR) is 108 cm³/mol. The first kappa shape index (κ1) is 21.3. The van der Waals surface area contributed by atoms with Crippen molar-refractivity contribution < 1.29 is 22.7 Å². The fourth-order valence-corrected chi connectivity index (χ4v) is 3.67. The Morgan fingerprint density at radius 3 is 2.48 bits per heavy atom. The van der Waals surface area contributed by atoms with Gasteiger partial charge in [-0.1, -0.05) is 0 Å². The first-order valence-corrected chi connectivity index (χ1v) is 9.92. The van der Waals surface area contributed by atoms with Gasteiger partial charge in [0.25, 0.3) is 5.92 Å². The van der Waals surface area contributed by atoms with E-state index in [1.165, 1.54) is 32.3 Å². The number of nitrogens with one attached hydrogen (secondary N) is 2. The van der Waals surface area contributed by atoms with Crippen molar-refractivity contribution in [3.8, 4) is 11.4 Å². The average Bonchev–Trinajstić information content (AvgIpc) is 2.71. The van der Waals surface area contributed by atoms with Crippen LogP contribution in [0.2, 0.25) is 0 Å².